The predicted octanol–water partition coefficient (Wildman–Crippen LogP) is 4.45. The first kappa shape index (κ1) is 17.3. The normalized spacial score (nSPS) is 11.6. The van der Waals surface area contributed by atoms with Gasteiger partial charge < -0.3 is 9.15 Å². The number of aryl methyl sites for hydroxylation is 1. The number of benzene rings is 1. The molecule has 4 heteroatoms. The maximum Gasteiger partial charge on any atom is 0.306 e. The van der Waals surface area contributed by atoms with E-state index in [1.54, 1.807) is 6.26 Å². The minimum atomic E-state index is -0.465. The van der Waals surface area contributed by atoms with Crippen LogP contribution in [0.2, 0.25) is 0 Å². The number of ether oxygens (including phenoxy) is 1. The van der Waals surface area contributed by atoms with Gasteiger partial charge in [-0.15, -0.1) is 0 Å². The van der Waals surface area contributed by atoms with Crippen LogP contribution in [0.15, 0.2) is 34.9 Å². The van der Waals surface area contributed by atoms with E-state index in [-0.39, 0.29) is 11.8 Å². The molecule has 0 amide bonds. The Labute approximate surface area is 136 Å². The van der Waals surface area contributed by atoms with Gasteiger partial charge in [-0.2, -0.15) is 0 Å². The molecule has 0 fully saturated rings. The number of ketones is 1. The average molecular weight is 316 g/mol. The summed E-state index contributed by atoms with van der Waals surface area (Å²) >= 11 is 0. The number of hydrogen-bond acceptors (Lipinski definition) is 4. The fraction of sp³-hybridized carbons (Fsp3) is 0.474. The van der Waals surface area contributed by atoms with Crippen LogP contribution in [0.25, 0.3) is 11.0 Å². The zero-order valence-electron chi connectivity index (χ0n) is 14.1. The molecule has 124 valence electrons. The highest BCUT2D eigenvalue weighted by atomic mass is 16.6. The second kappa shape index (κ2) is 7.44. The van der Waals surface area contributed by atoms with Crippen molar-refractivity contribution in [1.29, 1.82) is 0 Å². The molecule has 0 saturated carbocycles. The molecule has 0 saturated heterocycles. The summed E-state index contributed by atoms with van der Waals surface area (Å²) in [6, 6.07) is 7.88. The van der Waals surface area contributed by atoms with E-state index in [9.17, 15) is 9.59 Å². The van der Waals surface area contributed by atoms with Crippen molar-refractivity contribution in [3.8, 4) is 0 Å². The second-order valence-electron chi connectivity index (χ2n) is 6.77. The largest absolute Gasteiger partial charge is 0.464 e. The molecule has 0 aliphatic rings. The van der Waals surface area contributed by atoms with Gasteiger partial charge in [-0.3, -0.25) is 9.59 Å². The zero-order chi connectivity index (χ0) is 16.9. The number of esters is 1. The Kier molecular flexibility index (Phi) is 5.59. The van der Waals surface area contributed by atoms with Crippen molar-refractivity contribution < 1.29 is 18.7 Å². The third kappa shape index (κ3) is 5.89. The number of furan rings is 1. The summed E-state index contributed by atoms with van der Waals surface area (Å²) < 4.78 is 10.5. The van der Waals surface area contributed by atoms with Crippen molar-refractivity contribution in [2.45, 2.75) is 58.5 Å². The Morgan fingerprint density at radius 3 is 2.61 bits per heavy atom. The number of carbonyl (C=O) groups excluding carboxylic acids is 2. The lowest BCUT2D eigenvalue weighted by Crippen LogP contribution is -2.23. The molecule has 0 unspecified atom stereocenters. The lowest BCUT2D eigenvalue weighted by Gasteiger charge is -2.19. The highest BCUT2D eigenvalue weighted by Crippen LogP contribution is 2.18. The Bertz CT molecular complexity index is 676. The molecule has 1 aromatic carbocycles. The summed E-state index contributed by atoms with van der Waals surface area (Å²) in [5.74, 6) is -0.0587. The van der Waals surface area contributed by atoms with Gasteiger partial charge in [-0.05, 0) is 57.4 Å². The quantitative estimate of drug-likeness (QED) is 0.708. The van der Waals surface area contributed by atoms with Gasteiger partial charge in [0.15, 0.2) is 0 Å². The lowest BCUT2D eigenvalue weighted by molar-refractivity contribution is -0.154. The molecule has 0 aliphatic heterocycles. The Morgan fingerprint density at radius 2 is 1.87 bits per heavy atom. The van der Waals surface area contributed by atoms with E-state index in [4.69, 9.17) is 9.15 Å². The molecule has 1 aromatic heterocycles. The molecular formula is C19H24O4. The molecule has 4 nitrogen and oxygen atoms in total. The van der Waals surface area contributed by atoms with Crippen molar-refractivity contribution in [1.82, 2.24) is 0 Å². The van der Waals surface area contributed by atoms with E-state index in [0.717, 1.165) is 16.5 Å². The van der Waals surface area contributed by atoms with Crippen LogP contribution in [0.1, 0.15) is 52.0 Å². The third-order valence-electron chi connectivity index (χ3n) is 3.47. The fourth-order valence-electron chi connectivity index (χ4n) is 2.40. The first-order valence-corrected chi connectivity index (χ1v) is 8.03. The van der Waals surface area contributed by atoms with Crippen molar-refractivity contribution in [2.75, 3.05) is 0 Å². The van der Waals surface area contributed by atoms with Crippen LogP contribution in [0.3, 0.4) is 0 Å². The Balaban J connectivity index is 1.69. The van der Waals surface area contributed by atoms with Crippen LogP contribution in [-0.4, -0.2) is 17.4 Å². The van der Waals surface area contributed by atoms with Crippen molar-refractivity contribution in [2.24, 2.45) is 0 Å². The smallest absolute Gasteiger partial charge is 0.306 e. The Morgan fingerprint density at radius 1 is 1.09 bits per heavy atom. The second-order valence-corrected chi connectivity index (χ2v) is 6.77. The summed E-state index contributed by atoms with van der Waals surface area (Å²) in [6.45, 7) is 5.52. The number of carbonyl (C=O) groups is 2. The molecule has 0 atom stereocenters. The number of rotatable bonds is 7. The number of hydrogen-bond donors (Lipinski definition) is 0. The minimum Gasteiger partial charge on any atom is -0.464 e. The van der Waals surface area contributed by atoms with Gasteiger partial charge in [-0.1, -0.05) is 6.07 Å². The minimum absolute atomic E-state index is 0.181. The summed E-state index contributed by atoms with van der Waals surface area (Å²) in [5.41, 5.74) is 1.52. The maximum absolute atomic E-state index is 11.9. The highest BCUT2D eigenvalue weighted by Gasteiger charge is 2.16. The average Bonchev–Trinajstić information content (AvgIpc) is 2.90. The van der Waals surface area contributed by atoms with Crippen LogP contribution < -0.4 is 0 Å². The van der Waals surface area contributed by atoms with E-state index in [1.807, 2.05) is 45.0 Å². The summed E-state index contributed by atoms with van der Waals surface area (Å²) in [5, 5.41) is 1.06. The molecule has 1 heterocycles. The van der Waals surface area contributed by atoms with Gasteiger partial charge in [-0.25, -0.2) is 0 Å². The fourth-order valence-corrected chi connectivity index (χ4v) is 2.40. The van der Waals surface area contributed by atoms with Gasteiger partial charge in [0, 0.05) is 24.6 Å². The van der Waals surface area contributed by atoms with Gasteiger partial charge in [0.05, 0.1) is 6.26 Å². The molecule has 0 spiro atoms. The summed E-state index contributed by atoms with van der Waals surface area (Å²) in [6.07, 6.45) is 4.14. The molecule has 2 aromatic rings. The monoisotopic (exact) mass is 316 g/mol. The van der Waals surface area contributed by atoms with Gasteiger partial charge >= 0.3 is 5.97 Å². The van der Waals surface area contributed by atoms with Crippen molar-refractivity contribution >= 4 is 22.7 Å². The van der Waals surface area contributed by atoms with E-state index >= 15 is 0 Å². The van der Waals surface area contributed by atoms with Crippen molar-refractivity contribution in [3.63, 3.8) is 0 Å². The molecule has 0 bridgehead atoms. The predicted molar refractivity (Wildman–Crippen MR) is 89.2 cm³/mol. The van der Waals surface area contributed by atoms with Gasteiger partial charge in [0.2, 0.25) is 0 Å². The van der Waals surface area contributed by atoms with Crippen LogP contribution in [0.4, 0.5) is 0 Å². The maximum atomic E-state index is 11.9. The lowest BCUT2D eigenvalue weighted by atomic mass is 10.0. The van der Waals surface area contributed by atoms with Crippen molar-refractivity contribution in [3.05, 3.63) is 36.1 Å². The van der Waals surface area contributed by atoms with Gasteiger partial charge in [0.25, 0.3) is 0 Å². The zero-order valence-corrected chi connectivity index (χ0v) is 14.1. The first-order valence-electron chi connectivity index (χ1n) is 8.03. The molecular weight excluding hydrogens is 292 g/mol. The third-order valence-corrected chi connectivity index (χ3v) is 3.47. The number of Topliss-reactive ketones (excluding diaryl/α,β-unsaturated/α-hetero) is 1. The van der Waals surface area contributed by atoms with E-state index in [0.29, 0.717) is 32.1 Å². The highest BCUT2D eigenvalue weighted by molar-refractivity contribution is 5.80. The molecule has 0 N–H and O–H groups in total. The molecule has 2 rings (SSSR count). The summed E-state index contributed by atoms with van der Waals surface area (Å²) in [4.78, 5) is 23.5. The topological polar surface area (TPSA) is 56.5 Å². The van der Waals surface area contributed by atoms with Crippen LogP contribution in [-0.2, 0) is 20.7 Å². The standard InChI is InChI=1S/C19H24O4/c1-19(2,3)23-18(21)6-4-5-16(20)9-7-14-8-10-17-15(13-14)11-12-22-17/h8,10-13H,4-7,9H2,1-3H3. The van der Waals surface area contributed by atoms with E-state index in [2.05, 4.69) is 0 Å². The van der Waals surface area contributed by atoms with Crippen LogP contribution in [0.5, 0.6) is 0 Å². The SMILES string of the molecule is CC(C)(C)OC(=O)CCCC(=O)CCc1ccc2occc2c1. The van der Waals surface area contributed by atoms with Crippen LogP contribution >= 0.6 is 0 Å². The summed E-state index contributed by atoms with van der Waals surface area (Å²) in [7, 11) is 0. The number of fused-ring (bicyclic) bond motifs is 1. The molecule has 23 heavy (non-hydrogen) atoms. The molecule has 0 radical (unpaired) electrons. The van der Waals surface area contributed by atoms with E-state index < -0.39 is 5.60 Å². The van der Waals surface area contributed by atoms with Gasteiger partial charge in [0.1, 0.15) is 17.0 Å². The Hall–Kier alpha value is -2.10. The van der Waals surface area contributed by atoms with E-state index in [1.165, 1.54) is 0 Å². The van der Waals surface area contributed by atoms with Crippen LogP contribution in [0, 0.1) is 0 Å². The molecule has 0 aliphatic carbocycles. The first-order chi connectivity index (χ1) is 10.8.